The number of hydrogen-bond acceptors (Lipinski definition) is 3. The van der Waals surface area contributed by atoms with Crippen LogP contribution < -0.4 is 0 Å². The third-order valence-corrected chi connectivity index (χ3v) is 2.98. The molecule has 1 atom stereocenters. The minimum Gasteiger partial charge on any atom is -0.280 e. The highest BCUT2D eigenvalue weighted by molar-refractivity contribution is 5.79. The molecule has 90 valence electrons. The molecule has 5 heteroatoms. The third kappa shape index (κ3) is 2.61. The van der Waals surface area contributed by atoms with Gasteiger partial charge in [-0.2, -0.15) is 0 Å². The number of nitrogens with zero attached hydrogens (tertiary/aromatic N) is 2. The summed E-state index contributed by atoms with van der Waals surface area (Å²) in [6.45, 7) is 0.497. The summed E-state index contributed by atoms with van der Waals surface area (Å²) in [5.74, 6) is -0.157. The normalized spacial score (nSPS) is 19.3. The number of carbonyl (C=O) groups excluding carboxylic acids is 1. The molecule has 0 spiro atoms. The number of carbonyl (C=O) groups is 1. The molecule has 0 aromatic heterocycles. The van der Waals surface area contributed by atoms with Crippen LogP contribution in [0.5, 0.6) is 0 Å². The summed E-state index contributed by atoms with van der Waals surface area (Å²) in [6, 6.07) is 9.31. The smallest absolute Gasteiger partial charge is 0.280 e. The molecule has 1 saturated heterocycles. The molecule has 1 aliphatic rings. The molecule has 1 fully saturated rings. The first kappa shape index (κ1) is 11.6. The first-order chi connectivity index (χ1) is 8.18. The van der Waals surface area contributed by atoms with Crippen molar-refractivity contribution in [3.8, 4) is 0 Å². The number of amides is 1. The Morgan fingerprint density at radius 3 is 2.76 bits per heavy atom. The van der Waals surface area contributed by atoms with Crippen molar-refractivity contribution in [1.29, 1.82) is 0 Å². The molecule has 0 radical (unpaired) electrons. The van der Waals surface area contributed by atoms with Crippen molar-refractivity contribution in [3.63, 3.8) is 0 Å². The number of rotatable bonds is 3. The Morgan fingerprint density at radius 2 is 2.12 bits per heavy atom. The Bertz CT molecular complexity index is 419. The second-order valence-electron chi connectivity index (χ2n) is 4.16. The minimum absolute atomic E-state index is 0.157. The van der Waals surface area contributed by atoms with Crippen LogP contribution in [0.15, 0.2) is 30.3 Å². The number of hydrogen-bond donors (Lipinski definition) is 0. The summed E-state index contributed by atoms with van der Waals surface area (Å²) in [5, 5.41) is 10.8. The molecule has 1 aromatic rings. The fourth-order valence-corrected chi connectivity index (χ4v) is 2.13. The van der Waals surface area contributed by atoms with Gasteiger partial charge in [-0.05, 0) is 12.0 Å². The average molecular weight is 234 g/mol. The third-order valence-electron chi connectivity index (χ3n) is 2.98. The van der Waals surface area contributed by atoms with Crippen LogP contribution in [0.4, 0.5) is 0 Å². The van der Waals surface area contributed by atoms with Crippen molar-refractivity contribution in [3.05, 3.63) is 46.0 Å². The first-order valence-electron chi connectivity index (χ1n) is 5.65. The number of nitro groups is 1. The van der Waals surface area contributed by atoms with Crippen LogP contribution in [0.2, 0.25) is 0 Å². The van der Waals surface area contributed by atoms with E-state index in [9.17, 15) is 14.9 Å². The van der Waals surface area contributed by atoms with Crippen LogP contribution >= 0.6 is 0 Å². The lowest BCUT2D eigenvalue weighted by Gasteiger charge is -2.18. The average Bonchev–Trinajstić information content (AvgIpc) is 2.79. The van der Waals surface area contributed by atoms with Crippen LogP contribution in [0.25, 0.3) is 0 Å². The van der Waals surface area contributed by atoms with Crippen LogP contribution in [-0.2, 0) is 11.2 Å². The predicted molar refractivity (Wildman–Crippen MR) is 61.9 cm³/mol. The molecule has 1 aliphatic heterocycles. The molecule has 1 aromatic carbocycles. The lowest BCUT2D eigenvalue weighted by molar-refractivity contribution is -0.541. The van der Waals surface area contributed by atoms with E-state index >= 15 is 0 Å². The quantitative estimate of drug-likeness (QED) is 0.587. The highest BCUT2D eigenvalue weighted by Gasteiger charge is 2.36. The van der Waals surface area contributed by atoms with Gasteiger partial charge in [-0.1, -0.05) is 30.3 Å². The van der Waals surface area contributed by atoms with E-state index < -0.39 is 6.17 Å². The lowest BCUT2D eigenvalue weighted by atomic mass is 10.1. The number of benzene rings is 1. The van der Waals surface area contributed by atoms with E-state index in [2.05, 4.69) is 0 Å². The molecule has 17 heavy (non-hydrogen) atoms. The van der Waals surface area contributed by atoms with Gasteiger partial charge in [0.2, 0.25) is 5.91 Å². The van der Waals surface area contributed by atoms with Gasteiger partial charge >= 0.3 is 0 Å². The van der Waals surface area contributed by atoms with Gasteiger partial charge in [0.25, 0.3) is 6.17 Å². The summed E-state index contributed by atoms with van der Waals surface area (Å²) in [4.78, 5) is 23.7. The summed E-state index contributed by atoms with van der Waals surface area (Å²) < 4.78 is 0. The monoisotopic (exact) mass is 234 g/mol. The van der Waals surface area contributed by atoms with Gasteiger partial charge in [-0.25, -0.2) is 0 Å². The minimum atomic E-state index is -0.828. The standard InChI is InChI=1S/C12H14N2O3/c15-12(9-10-5-2-1-3-6-10)13-8-4-7-11(13)14(16)17/h1-3,5-6,11H,4,7-9H2. The van der Waals surface area contributed by atoms with Crippen LogP contribution in [0, 0.1) is 10.1 Å². The van der Waals surface area contributed by atoms with Crippen molar-refractivity contribution < 1.29 is 9.72 Å². The molecule has 0 bridgehead atoms. The molecule has 5 nitrogen and oxygen atoms in total. The first-order valence-corrected chi connectivity index (χ1v) is 5.65. The predicted octanol–water partition coefficient (Wildman–Crippen LogP) is 1.45. The van der Waals surface area contributed by atoms with E-state index in [0.717, 1.165) is 5.56 Å². The maximum absolute atomic E-state index is 12.0. The largest absolute Gasteiger partial charge is 0.289 e. The summed E-state index contributed by atoms with van der Waals surface area (Å²) in [6.07, 6.45) is 0.594. The van der Waals surface area contributed by atoms with Crippen molar-refractivity contribution in [1.82, 2.24) is 4.90 Å². The Labute approximate surface area is 99.2 Å². The Hall–Kier alpha value is -1.91. The second-order valence-corrected chi connectivity index (χ2v) is 4.16. The Balaban J connectivity index is 2.03. The molecule has 0 N–H and O–H groups in total. The molecule has 0 aliphatic carbocycles. The summed E-state index contributed by atoms with van der Waals surface area (Å²) in [7, 11) is 0. The highest BCUT2D eigenvalue weighted by Crippen LogP contribution is 2.18. The van der Waals surface area contributed by atoms with Crippen LogP contribution in [-0.4, -0.2) is 28.4 Å². The summed E-state index contributed by atoms with van der Waals surface area (Å²) in [5.41, 5.74) is 0.895. The summed E-state index contributed by atoms with van der Waals surface area (Å²) >= 11 is 0. The maximum Gasteiger partial charge on any atom is 0.289 e. The molecular formula is C12H14N2O3. The molecule has 1 amide bonds. The van der Waals surface area contributed by atoms with Gasteiger partial charge in [0, 0.05) is 17.9 Å². The van der Waals surface area contributed by atoms with E-state index in [1.165, 1.54) is 4.90 Å². The molecule has 2 rings (SSSR count). The van der Waals surface area contributed by atoms with Gasteiger partial charge in [0.05, 0.1) is 6.42 Å². The Morgan fingerprint density at radius 1 is 1.41 bits per heavy atom. The zero-order chi connectivity index (χ0) is 12.3. The van der Waals surface area contributed by atoms with E-state index in [1.807, 2.05) is 30.3 Å². The van der Waals surface area contributed by atoms with Gasteiger partial charge in [0.15, 0.2) is 0 Å². The molecule has 1 heterocycles. The second kappa shape index (κ2) is 4.95. The zero-order valence-corrected chi connectivity index (χ0v) is 9.41. The molecule has 1 unspecified atom stereocenters. The van der Waals surface area contributed by atoms with Gasteiger partial charge in [0.1, 0.15) is 0 Å². The van der Waals surface area contributed by atoms with Crippen molar-refractivity contribution in [2.75, 3.05) is 6.54 Å². The topological polar surface area (TPSA) is 63.5 Å². The van der Waals surface area contributed by atoms with E-state index in [0.29, 0.717) is 19.4 Å². The van der Waals surface area contributed by atoms with Gasteiger partial charge in [-0.3, -0.25) is 19.8 Å². The van der Waals surface area contributed by atoms with Crippen LogP contribution in [0.1, 0.15) is 18.4 Å². The fourth-order valence-electron chi connectivity index (χ4n) is 2.13. The van der Waals surface area contributed by atoms with E-state index in [4.69, 9.17) is 0 Å². The van der Waals surface area contributed by atoms with Gasteiger partial charge in [-0.15, -0.1) is 0 Å². The van der Waals surface area contributed by atoms with E-state index in [-0.39, 0.29) is 17.3 Å². The van der Waals surface area contributed by atoms with Crippen molar-refractivity contribution >= 4 is 5.91 Å². The maximum atomic E-state index is 12.0. The van der Waals surface area contributed by atoms with Crippen molar-refractivity contribution in [2.24, 2.45) is 0 Å². The van der Waals surface area contributed by atoms with E-state index in [1.54, 1.807) is 0 Å². The van der Waals surface area contributed by atoms with Crippen LogP contribution in [0.3, 0.4) is 0 Å². The Kier molecular flexibility index (Phi) is 3.37. The molecular weight excluding hydrogens is 220 g/mol. The zero-order valence-electron chi connectivity index (χ0n) is 9.41. The number of likely N-dealkylation sites (tertiary alicyclic amines) is 1. The van der Waals surface area contributed by atoms with Crippen molar-refractivity contribution in [2.45, 2.75) is 25.4 Å². The van der Waals surface area contributed by atoms with Gasteiger partial charge < -0.3 is 0 Å². The highest BCUT2D eigenvalue weighted by atomic mass is 16.6. The molecule has 0 saturated carbocycles. The fraction of sp³-hybridized carbons (Fsp3) is 0.417. The SMILES string of the molecule is O=C(Cc1ccccc1)N1CCCC1[N+](=O)[O-]. The lowest BCUT2D eigenvalue weighted by Crippen LogP contribution is -2.40.